The van der Waals surface area contributed by atoms with Gasteiger partial charge in [-0.1, -0.05) is 0 Å². The van der Waals surface area contributed by atoms with E-state index in [2.05, 4.69) is 15.9 Å². The highest BCUT2D eigenvalue weighted by Gasteiger charge is 2.29. The zero-order valence-electron chi connectivity index (χ0n) is 11.2. The van der Waals surface area contributed by atoms with E-state index >= 15 is 0 Å². The molecular formula is C13H16BrNO5S. The minimum absolute atomic E-state index is 0.0226. The van der Waals surface area contributed by atoms with Gasteiger partial charge in [0.05, 0.1) is 10.5 Å². The second-order valence-electron chi connectivity index (χ2n) is 4.98. The number of aromatic carboxylic acids is 1. The molecular weight excluding hydrogens is 362 g/mol. The van der Waals surface area contributed by atoms with Crippen molar-refractivity contribution in [2.45, 2.75) is 17.7 Å². The minimum atomic E-state index is -3.70. The molecule has 0 unspecified atom stereocenters. The fourth-order valence-electron chi connectivity index (χ4n) is 2.31. The molecule has 21 heavy (non-hydrogen) atoms. The van der Waals surface area contributed by atoms with Gasteiger partial charge in [-0.2, -0.15) is 4.31 Å². The van der Waals surface area contributed by atoms with Gasteiger partial charge in [0.2, 0.25) is 10.0 Å². The van der Waals surface area contributed by atoms with Crippen molar-refractivity contribution >= 4 is 31.9 Å². The molecule has 0 aromatic heterocycles. The van der Waals surface area contributed by atoms with Crippen LogP contribution in [0.25, 0.3) is 0 Å². The summed E-state index contributed by atoms with van der Waals surface area (Å²) in [4.78, 5) is 11.1. The molecule has 8 heteroatoms. The van der Waals surface area contributed by atoms with Crippen molar-refractivity contribution in [1.29, 1.82) is 0 Å². The normalized spacial score (nSPS) is 17.8. The van der Waals surface area contributed by atoms with Crippen LogP contribution in [0.2, 0.25) is 0 Å². The summed E-state index contributed by atoms with van der Waals surface area (Å²) in [5.74, 6) is -1.05. The van der Waals surface area contributed by atoms with E-state index in [1.807, 2.05) is 0 Å². The molecule has 1 fully saturated rings. The van der Waals surface area contributed by atoms with E-state index in [1.165, 1.54) is 22.5 Å². The Labute approximate surface area is 131 Å². The molecule has 1 aromatic carbocycles. The highest BCUT2D eigenvalue weighted by Crippen LogP contribution is 2.26. The van der Waals surface area contributed by atoms with Crippen LogP contribution in [0.3, 0.4) is 0 Å². The molecule has 1 saturated heterocycles. The number of rotatable bonds is 4. The molecule has 0 saturated carbocycles. The zero-order valence-corrected chi connectivity index (χ0v) is 13.6. The summed E-state index contributed by atoms with van der Waals surface area (Å²) in [5, 5.41) is 18.2. The third-order valence-corrected chi connectivity index (χ3v) is 6.22. The number of benzene rings is 1. The smallest absolute Gasteiger partial charge is 0.336 e. The number of carbonyl (C=O) groups is 1. The molecule has 1 aliphatic heterocycles. The van der Waals surface area contributed by atoms with Gasteiger partial charge < -0.3 is 10.2 Å². The van der Waals surface area contributed by atoms with Gasteiger partial charge in [0.25, 0.3) is 0 Å². The van der Waals surface area contributed by atoms with Crippen molar-refractivity contribution in [3.63, 3.8) is 0 Å². The Hall–Kier alpha value is -0.960. The molecule has 6 nitrogen and oxygen atoms in total. The first-order valence-corrected chi connectivity index (χ1v) is 8.73. The fourth-order valence-corrected chi connectivity index (χ4v) is 4.22. The third-order valence-electron chi connectivity index (χ3n) is 3.64. The van der Waals surface area contributed by atoms with Crippen molar-refractivity contribution < 1.29 is 23.4 Å². The Morgan fingerprint density at radius 2 is 1.95 bits per heavy atom. The lowest BCUT2D eigenvalue weighted by molar-refractivity contribution is 0.0695. The Balaban J connectivity index is 2.28. The summed E-state index contributed by atoms with van der Waals surface area (Å²) in [6, 6.07) is 3.99. The monoisotopic (exact) mass is 377 g/mol. The van der Waals surface area contributed by atoms with E-state index in [1.54, 1.807) is 0 Å². The summed E-state index contributed by atoms with van der Waals surface area (Å²) in [6.45, 7) is 0.743. The molecule has 0 aliphatic carbocycles. The predicted octanol–water partition coefficient (Wildman–Crippen LogP) is 1.54. The summed E-state index contributed by atoms with van der Waals surface area (Å²) in [7, 11) is -3.70. The van der Waals surface area contributed by atoms with Crippen LogP contribution < -0.4 is 0 Å². The minimum Gasteiger partial charge on any atom is -0.478 e. The molecule has 0 spiro atoms. The molecule has 0 atom stereocenters. The topological polar surface area (TPSA) is 94.9 Å². The number of sulfonamides is 1. The van der Waals surface area contributed by atoms with Gasteiger partial charge in [-0.3, -0.25) is 0 Å². The molecule has 1 aromatic rings. The number of hydrogen-bond donors (Lipinski definition) is 2. The first-order chi connectivity index (χ1) is 9.86. The van der Waals surface area contributed by atoms with Gasteiger partial charge in [-0.15, -0.1) is 0 Å². The number of carboxylic acid groups (broad SMARTS) is 1. The third kappa shape index (κ3) is 3.45. The van der Waals surface area contributed by atoms with Gasteiger partial charge in [0.15, 0.2) is 0 Å². The number of nitrogens with zero attached hydrogens (tertiary/aromatic N) is 1. The maximum Gasteiger partial charge on any atom is 0.336 e. The lowest BCUT2D eigenvalue weighted by Crippen LogP contribution is -2.39. The SMILES string of the molecule is O=C(O)c1cc(S(=O)(=O)N2CCC(CO)CC2)ccc1Br. The average Bonchev–Trinajstić information content (AvgIpc) is 2.47. The van der Waals surface area contributed by atoms with E-state index in [-0.39, 0.29) is 23.0 Å². The molecule has 0 bridgehead atoms. The van der Waals surface area contributed by atoms with Crippen LogP contribution >= 0.6 is 15.9 Å². The molecule has 116 valence electrons. The van der Waals surface area contributed by atoms with E-state index in [9.17, 15) is 13.2 Å². The van der Waals surface area contributed by atoms with Crippen molar-refractivity contribution in [2.24, 2.45) is 5.92 Å². The quantitative estimate of drug-likeness (QED) is 0.829. The Morgan fingerprint density at radius 3 is 2.48 bits per heavy atom. The molecule has 0 radical (unpaired) electrons. The second kappa shape index (κ2) is 6.43. The lowest BCUT2D eigenvalue weighted by atomic mass is 10.00. The highest BCUT2D eigenvalue weighted by atomic mass is 79.9. The number of halogens is 1. The molecule has 2 N–H and O–H groups in total. The number of carboxylic acids is 1. The van der Waals surface area contributed by atoms with E-state index in [4.69, 9.17) is 10.2 Å². The van der Waals surface area contributed by atoms with Gasteiger partial charge in [0, 0.05) is 24.2 Å². The van der Waals surface area contributed by atoms with Crippen molar-refractivity contribution in [2.75, 3.05) is 19.7 Å². The summed E-state index contributed by atoms with van der Waals surface area (Å²) in [6.07, 6.45) is 1.22. The largest absolute Gasteiger partial charge is 0.478 e. The van der Waals surface area contributed by atoms with Crippen LogP contribution in [-0.2, 0) is 10.0 Å². The molecule has 0 amide bonds. The van der Waals surface area contributed by atoms with Gasteiger partial charge in [-0.25, -0.2) is 13.2 Å². The highest BCUT2D eigenvalue weighted by molar-refractivity contribution is 9.10. The van der Waals surface area contributed by atoms with Crippen molar-refractivity contribution in [3.05, 3.63) is 28.2 Å². The maximum atomic E-state index is 12.5. The number of aliphatic hydroxyl groups is 1. The van der Waals surface area contributed by atoms with Crippen LogP contribution in [-0.4, -0.2) is 48.6 Å². The second-order valence-corrected chi connectivity index (χ2v) is 7.77. The van der Waals surface area contributed by atoms with Crippen LogP contribution in [0.4, 0.5) is 0 Å². The van der Waals surface area contributed by atoms with Gasteiger partial charge in [0.1, 0.15) is 0 Å². The standard InChI is InChI=1S/C13H16BrNO5S/c14-12-2-1-10(7-11(12)13(17)18)21(19,20)15-5-3-9(8-16)4-6-15/h1-2,7,9,16H,3-6,8H2,(H,17,18). The van der Waals surface area contributed by atoms with Crippen LogP contribution in [0.15, 0.2) is 27.6 Å². The van der Waals surface area contributed by atoms with Gasteiger partial charge >= 0.3 is 5.97 Å². The number of aliphatic hydroxyl groups excluding tert-OH is 1. The van der Waals surface area contributed by atoms with E-state index in [0.717, 1.165) is 0 Å². The predicted molar refractivity (Wildman–Crippen MR) is 79.7 cm³/mol. The fraction of sp³-hybridized carbons (Fsp3) is 0.462. The molecule has 1 heterocycles. The van der Waals surface area contributed by atoms with Gasteiger partial charge in [-0.05, 0) is 52.9 Å². The molecule has 2 rings (SSSR count). The summed E-state index contributed by atoms with van der Waals surface area (Å²) in [5.41, 5.74) is -0.0821. The Morgan fingerprint density at radius 1 is 1.33 bits per heavy atom. The number of piperidine rings is 1. The van der Waals surface area contributed by atoms with Crippen LogP contribution in [0.1, 0.15) is 23.2 Å². The molecule has 1 aliphatic rings. The van der Waals surface area contributed by atoms with E-state index in [0.29, 0.717) is 30.4 Å². The summed E-state index contributed by atoms with van der Waals surface area (Å²) >= 11 is 3.09. The first kappa shape index (κ1) is 16.4. The van der Waals surface area contributed by atoms with Crippen LogP contribution in [0, 0.1) is 5.92 Å². The first-order valence-electron chi connectivity index (χ1n) is 6.50. The van der Waals surface area contributed by atoms with Crippen molar-refractivity contribution in [3.8, 4) is 0 Å². The average molecular weight is 378 g/mol. The Bertz CT molecular complexity index is 638. The van der Waals surface area contributed by atoms with Crippen molar-refractivity contribution in [1.82, 2.24) is 4.31 Å². The Kier molecular flexibility index (Phi) is 5.03. The van der Waals surface area contributed by atoms with E-state index < -0.39 is 16.0 Å². The maximum absolute atomic E-state index is 12.5. The van der Waals surface area contributed by atoms with Crippen LogP contribution in [0.5, 0.6) is 0 Å². The summed E-state index contributed by atoms with van der Waals surface area (Å²) < 4.78 is 26.7. The zero-order chi connectivity index (χ0) is 15.6. The number of hydrogen-bond acceptors (Lipinski definition) is 4. The lowest BCUT2D eigenvalue weighted by Gasteiger charge is -2.30.